The molecule has 3 rings (SSSR count). The summed E-state index contributed by atoms with van der Waals surface area (Å²) >= 11 is 0. The van der Waals surface area contributed by atoms with Crippen LogP contribution in [0.4, 0.5) is 5.69 Å². The molecule has 24 heavy (non-hydrogen) atoms. The van der Waals surface area contributed by atoms with E-state index in [4.69, 9.17) is 14.0 Å². The van der Waals surface area contributed by atoms with Crippen LogP contribution >= 0.6 is 0 Å². The van der Waals surface area contributed by atoms with Crippen LogP contribution in [0.2, 0.25) is 6.32 Å². The Kier molecular flexibility index (Phi) is 4.73. The molecule has 2 saturated heterocycles. The van der Waals surface area contributed by atoms with Crippen molar-refractivity contribution in [3.8, 4) is 0 Å². The number of anilines is 1. The molecule has 0 radical (unpaired) electrons. The third-order valence-corrected chi connectivity index (χ3v) is 5.22. The van der Waals surface area contributed by atoms with E-state index < -0.39 is 18.3 Å². The first-order valence-corrected chi connectivity index (χ1v) is 8.60. The van der Waals surface area contributed by atoms with Gasteiger partial charge in [0.1, 0.15) is 0 Å². The molecule has 1 aromatic carbocycles. The molecular weight excluding hydrogens is 305 g/mol. The van der Waals surface area contributed by atoms with Gasteiger partial charge in [-0.25, -0.2) is 0 Å². The number of benzene rings is 1. The molecule has 1 aromatic rings. The monoisotopic (exact) mass is 331 g/mol. The lowest BCUT2D eigenvalue weighted by atomic mass is 9.80. The predicted octanol–water partition coefficient (Wildman–Crippen LogP) is 2.80. The Balaban J connectivity index is 1.61. The van der Waals surface area contributed by atoms with Crippen molar-refractivity contribution < 1.29 is 18.8 Å². The van der Waals surface area contributed by atoms with Gasteiger partial charge >= 0.3 is 7.12 Å². The number of carbonyl (C=O) groups excluding carboxylic acids is 1. The van der Waals surface area contributed by atoms with Crippen molar-refractivity contribution >= 4 is 18.6 Å². The molecule has 0 unspecified atom stereocenters. The fourth-order valence-electron chi connectivity index (χ4n) is 3.00. The van der Waals surface area contributed by atoms with Gasteiger partial charge in [-0.3, -0.25) is 4.79 Å². The van der Waals surface area contributed by atoms with Gasteiger partial charge in [0.15, 0.2) is 5.78 Å². The molecule has 6 heteroatoms. The minimum atomic E-state index is -0.485. The number of hydrogen-bond acceptors (Lipinski definition) is 5. The van der Waals surface area contributed by atoms with Crippen LogP contribution in [0.25, 0.3) is 0 Å². The van der Waals surface area contributed by atoms with Crippen molar-refractivity contribution in [2.45, 2.75) is 45.2 Å². The van der Waals surface area contributed by atoms with Crippen molar-refractivity contribution in [3.63, 3.8) is 0 Å². The lowest BCUT2D eigenvalue weighted by Crippen LogP contribution is -2.41. The van der Waals surface area contributed by atoms with Gasteiger partial charge in [-0.05, 0) is 52.0 Å². The summed E-state index contributed by atoms with van der Waals surface area (Å²) in [5.41, 5.74) is 1.02. The normalized spacial score (nSPS) is 22.7. The van der Waals surface area contributed by atoms with E-state index >= 15 is 0 Å². The van der Waals surface area contributed by atoms with E-state index in [1.807, 2.05) is 52.0 Å². The first-order chi connectivity index (χ1) is 11.3. The van der Waals surface area contributed by atoms with Crippen LogP contribution in [0.5, 0.6) is 0 Å². The van der Waals surface area contributed by atoms with E-state index in [1.165, 1.54) is 0 Å². The molecule has 0 saturated carbocycles. The summed E-state index contributed by atoms with van der Waals surface area (Å²) in [5.74, 6) is 0.0435. The van der Waals surface area contributed by atoms with Crippen LogP contribution in [0.1, 0.15) is 38.1 Å². The molecule has 0 amide bonds. The SMILES string of the molecule is CC1(C)OB(CC(=O)c2ccc(N3CCOCC3)cc2)OC1(C)C. The van der Waals surface area contributed by atoms with Gasteiger partial charge < -0.3 is 18.9 Å². The van der Waals surface area contributed by atoms with Crippen LogP contribution in [-0.2, 0) is 14.0 Å². The second-order valence-electron chi connectivity index (χ2n) is 7.46. The van der Waals surface area contributed by atoms with Crippen LogP contribution in [0.15, 0.2) is 24.3 Å². The molecule has 2 heterocycles. The van der Waals surface area contributed by atoms with Gasteiger partial charge in [0.05, 0.1) is 24.4 Å². The van der Waals surface area contributed by atoms with E-state index in [0.717, 1.165) is 32.0 Å². The third kappa shape index (κ3) is 3.51. The van der Waals surface area contributed by atoms with Gasteiger partial charge in [-0.1, -0.05) is 0 Å². The average Bonchev–Trinajstić information content (AvgIpc) is 2.75. The Hall–Kier alpha value is -1.37. The molecule has 130 valence electrons. The van der Waals surface area contributed by atoms with Gasteiger partial charge in [0.25, 0.3) is 0 Å². The topological polar surface area (TPSA) is 48.0 Å². The van der Waals surface area contributed by atoms with Gasteiger partial charge in [0.2, 0.25) is 0 Å². The Bertz CT molecular complexity index is 578. The van der Waals surface area contributed by atoms with E-state index in [1.54, 1.807) is 0 Å². The van der Waals surface area contributed by atoms with E-state index in [9.17, 15) is 4.79 Å². The van der Waals surface area contributed by atoms with Crippen LogP contribution in [0, 0.1) is 0 Å². The smallest absolute Gasteiger partial charge is 0.403 e. The summed E-state index contributed by atoms with van der Waals surface area (Å²) in [4.78, 5) is 14.8. The molecule has 0 atom stereocenters. The van der Waals surface area contributed by atoms with Crippen molar-refractivity contribution in [2.24, 2.45) is 0 Å². The predicted molar refractivity (Wildman–Crippen MR) is 94.7 cm³/mol. The molecular formula is C18H26BNO4. The number of morpholine rings is 1. The first kappa shape index (κ1) is 17.5. The van der Waals surface area contributed by atoms with Gasteiger partial charge in [-0.15, -0.1) is 0 Å². The van der Waals surface area contributed by atoms with E-state index in [2.05, 4.69) is 4.90 Å². The highest BCUT2D eigenvalue weighted by atomic mass is 16.7. The summed E-state index contributed by atoms with van der Waals surface area (Å²) in [6, 6.07) is 7.78. The number of nitrogens with zero attached hydrogens (tertiary/aromatic N) is 1. The minimum absolute atomic E-state index is 0.0435. The van der Waals surface area contributed by atoms with Crippen molar-refractivity contribution in [3.05, 3.63) is 29.8 Å². The fourth-order valence-corrected chi connectivity index (χ4v) is 3.00. The summed E-state index contributed by atoms with van der Waals surface area (Å²) in [6.45, 7) is 11.3. The number of rotatable bonds is 4. The minimum Gasteiger partial charge on any atom is -0.403 e. The maximum absolute atomic E-state index is 12.5. The third-order valence-electron chi connectivity index (χ3n) is 5.22. The van der Waals surface area contributed by atoms with Crippen LogP contribution in [-0.4, -0.2) is 50.4 Å². The molecule has 0 aliphatic carbocycles. The Morgan fingerprint density at radius 1 is 1.04 bits per heavy atom. The van der Waals surface area contributed by atoms with Crippen LogP contribution < -0.4 is 4.90 Å². The van der Waals surface area contributed by atoms with Crippen molar-refractivity contribution in [1.82, 2.24) is 0 Å². The highest BCUT2D eigenvalue weighted by Gasteiger charge is 2.51. The summed E-state index contributed by atoms with van der Waals surface area (Å²) in [5, 5.41) is 0. The Morgan fingerprint density at radius 3 is 2.12 bits per heavy atom. The number of hydrogen-bond donors (Lipinski definition) is 0. The second-order valence-corrected chi connectivity index (χ2v) is 7.46. The largest absolute Gasteiger partial charge is 0.465 e. The number of ether oxygens (including phenoxy) is 1. The standard InChI is InChI=1S/C18H26BNO4/c1-17(2)18(3,4)24-19(23-17)13-16(21)14-5-7-15(8-6-14)20-9-11-22-12-10-20/h5-8H,9-13H2,1-4H3. The average molecular weight is 331 g/mol. The van der Waals surface area contributed by atoms with Crippen molar-refractivity contribution in [2.75, 3.05) is 31.2 Å². The zero-order valence-electron chi connectivity index (χ0n) is 15.0. The lowest BCUT2D eigenvalue weighted by Gasteiger charge is -2.32. The molecule has 0 N–H and O–H groups in total. The maximum atomic E-state index is 12.5. The zero-order valence-corrected chi connectivity index (χ0v) is 15.0. The molecule has 2 fully saturated rings. The molecule has 2 aliphatic rings. The maximum Gasteiger partial charge on any atom is 0.465 e. The zero-order chi connectivity index (χ0) is 17.4. The molecule has 2 aliphatic heterocycles. The summed E-state index contributed by atoms with van der Waals surface area (Å²) in [7, 11) is -0.485. The molecule has 0 aromatic heterocycles. The first-order valence-electron chi connectivity index (χ1n) is 8.60. The van der Waals surface area contributed by atoms with Crippen molar-refractivity contribution in [1.29, 1.82) is 0 Å². The Morgan fingerprint density at radius 2 is 1.58 bits per heavy atom. The highest BCUT2D eigenvalue weighted by Crippen LogP contribution is 2.38. The second kappa shape index (κ2) is 6.50. The van der Waals surface area contributed by atoms with E-state index in [-0.39, 0.29) is 12.1 Å². The fraction of sp³-hybridized carbons (Fsp3) is 0.611. The lowest BCUT2D eigenvalue weighted by molar-refractivity contribution is 0.00578. The van der Waals surface area contributed by atoms with Gasteiger partial charge in [-0.2, -0.15) is 0 Å². The molecule has 5 nitrogen and oxygen atoms in total. The molecule has 0 spiro atoms. The number of ketones is 1. The quantitative estimate of drug-likeness (QED) is 0.627. The van der Waals surface area contributed by atoms with Crippen LogP contribution in [0.3, 0.4) is 0 Å². The van der Waals surface area contributed by atoms with E-state index in [0.29, 0.717) is 5.56 Å². The summed E-state index contributed by atoms with van der Waals surface area (Å²) in [6.07, 6.45) is 0.240. The van der Waals surface area contributed by atoms with Gasteiger partial charge in [0, 0.05) is 30.7 Å². The summed E-state index contributed by atoms with van der Waals surface area (Å²) < 4.78 is 17.2. The highest BCUT2D eigenvalue weighted by molar-refractivity contribution is 6.51. The number of Topliss-reactive ketones (excluding diaryl/α,β-unsaturated/α-hetero) is 1. The number of carbonyl (C=O) groups is 1. The Labute approximate surface area is 144 Å². The molecule has 0 bridgehead atoms.